The van der Waals surface area contributed by atoms with Crippen molar-refractivity contribution in [1.82, 2.24) is 34.4 Å². The summed E-state index contributed by atoms with van der Waals surface area (Å²) in [5, 5.41) is 2.78. The van der Waals surface area contributed by atoms with E-state index in [0.717, 1.165) is 10.5 Å². The molecule has 0 saturated carbocycles. The Morgan fingerprint density at radius 2 is 1.68 bits per heavy atom. The topological polar surface area (TPSA) is 148 Å². The van der Waals surface area contributed by atoms with Crippen molar-refractivity contribution in [3.63, 3.8) is 0 Å². The van der Waals surface area contributed by atoms with Gasteiger partial charge in [-0.15, -0.1) is 0 Å². The van der Waals surface area contributed by atoms with Crippen LogP contribution >= 0.6 is 0 Å². The molecule has 1 aliphatic heterocycles. The summed E-state index contributed by atoms with van der Waals surface area (Å²) in [5.41, 5.74) is 0.136. The Morgan fingerprint density at radius 1 is 1.02 bits per heavy atom. The van der Waals surface area contributed by atoms with E-state index >= 15 is 0 Å². The van der Waals surface area contributed by atoms with Gasteiger partial charge in [0.15, 0.2) is 0 Å². The minimum absolute atomic E-state index is 0.0379. The van der Waals surface area contributed by atoms with E-state index in [2.05, 4.69) is 15.3 Å². The SMILES string of the molecule is COC(C)C(NC(=O)C(C)N(C)C(=O)OC(C)(C)C)C(=O)N1CC(Oc2ccc(F)cc2)CC1CN(CCc1ccc(F)cc1)C(=O)c1cn2cccnc2n1. The third kappa shape index (κ3) is 10.6. The summed E-state index contributed by atoms with van der Waals surface area (Å²) in [6.45, 7) is 8.59. The highest BCUT2D eigenvalue weighted by Gasteiger charge is 2.43. The van der Waals surface area contributed by atoms with Crippen molar-refractivity contribution in [2.24, 2.45) is 0 Å². The standard InChI is InChI=1S/C40H49F2N7O7/c1-25(46(6)39(53)56-40(3,4)5)35(50)45-34(26(2)54-7)37(52)49-23-32(55-31-15-13-29(42)14-16-31)21-30(49)22-47(20-17-27-9-11-28(41)12-10-27)36(51)33-24-48-19-8-18-43-38(48)44-33/h8-16,18-19,24-26,30,32,34H,17,20-23H2,1-7H3,(H,45,50). The summed E-state index contributed by atoms with van der Waals surface area (Å²) < 4.78 is 46.3. The molecule has 300 valence electrons. The normalized spacial score (nSPS) is 17.2. The van der Waals surface area contributed by atoms with Gasteiger partial charge in [0.1, 0.15) is 46.9 Å². The minimum Gasteiger partial charge on any atom is -0.489 e. The van der Waals surface area contributed by atoms with E-state index in [1.54, 1.807) is 78.7 Å². The van der Waals surface area contributed by atoms with Crippen LogP contribution in [0.4, 0.5) is 13.6 Å². The Morgan fingerprint density at radius 3 is 2.30 bits per heavy atom. The highest BCUT2D eigenvalue weighted by Crippen LogP contribution is 2.27. The smallest absolute Gasteiger partial charge is 0.410 e. The van der Waals surface area contributed by atoms with Gasteiger partial charge in [0.05, 0.1) is 18.7 Å². The predicted molar refractivity (Wildman–Crippen MR) is 202 cm³/mol. The lowest BCUT2D eigenvalue weighted by molar-refractivity contribution is -0.142. The Labute approximate surface area is 324 Å². The number of hydrogen-bond acceptors (Lipinski definition) is 9. The number of halogens is 2. The Hall–Kier alpha value is -5.64. The fourth-order valence-electron chi connectivity index (χ4n) is 6.28. The van der Waals surface area contributed by atoms with Crippen LogP contribution in [0, 0.1) is 11.6 Å². The summed E-state index contributed by atoms with van der Waals surface area (Å²) >= 11 is 0. The van der Waals surface area contributed by atoms with E-state index in [9.17, 15) is 28.0 Å². The van der Waals surface area contributed by atoms with Gasteiger partial charge in [0.25, 0.3) is 5.91 Å². The first-order valence-electron chi connectivity index (χ1n) is 18.4. The monoisotopic (exact) mass is 777 g/mol. The molecule has 0 radical (unpaired) electrons. The molecule has 1 fully saturated rings. The number of carbonyl (C=O) groups excluding carboxylic acids is 4. The first kappa shape index (κ1) is 41.5. The molecule has 5 rings (SSSR count). The van der Waals surface area contributed by atoms with Gasteiger partial charge < -0.3 is 29.3 Å². The molecule has 56 heavy (non-hydrogen) atoms. The molecular formula is C40H49F2N7O7. The predicted octanol–water partition coefficient (Wildman–Crippen LogP) is 4.52. The summed E-state index contributed by atoms with van der Waals surface area (Å²) in [6, 6.07) is 10.4. The van der Waals surface area contributed by atoms with Crippen LogP contribution in [0.15, 0.2) is 73.2 Å². The molecule has 3 heterocycles. The van der Waals surface area contributed by atoms with Gasteiger partial charge in [-0.05, 0) is 89.1 Å². The number of benzene rings is 2. The van der Waals surface area contributed by atoms with Crippen LogP contribution in [0.5, 0.6) is 5.75 Å². The van der Waals surface area contributed by atoms with Crippen molar-refractivity contribution in [2.45, 2.75) is 83.4 Å². The van der Waals surface area contributed by atoms with Gasteiger partial charge in [0.2, 0.25) is 17.6 Å². The van der Waals surface area contributed by atoms with Crippen molar-refractivity contribution in [2.75, 3.05) is 33.8 Å². The summed E-state index contributed by atoms with van der Waals surface area (Å²) in [5.74, 6) is -1.64. The number of nitrogens with zero attached hydrogens (tertiary/aromatic N) is 6. The molecule has 1 N–H and O–H groups in total. The maximum Gasteiger partial charge on any atom is 0.410 e. The molecule has 0 spiro atoms. The number of fused-ring (bicyclic) bond motifs is 1. The molecule has 14 nitrogen and oxygen atoms in total. The second-order valence-electron chi connectivity index (χ2n) is 14.8. The molecule has 16 heteroatoms. The van der Waals surface area contributed by atoms with Crippen LogP contribution in [-0.4, -0.2) is 123 Å². The fraction of sp³-hybridized carbons (Fsp3) is 0.450. The number of hydrogen-bond donors (Lipinski definition) is 1. The fourth-order valence-corrected chi connectivity index (χ4v) is 6.28. The Bertz CT molecular complexity index is 1950. The first-order chi connectivity index (χ1) is 26.5. The third-order valence-corrected chi connectivity index (χ3v) is 9.58. The molecule has 4 aromatic rings. The number of nitrogens with one attached hydrogen (secondary N) is 1. The number of likely N-dealkylation sites (tertiary alicyclic amines) is 1. The van der Waals surface area contributed by atoms with E-state index in [4.69, 9.17) is 14.2 Å². The molecule has 5 unspecified atom stereocenters. The highest BCUT2D eigenvalue weighted by atomic mass is 19.1. The zero-order valence-corrected chi connectivity index (χ0v) is 32.6. The molecule has 2 aromatic heterocycles. The number of likely N-dealkylation sites (N-methyl/N-ethyl adjacent to an activating group) is 1. The van der Waals surface area contributed by atoms with Gasteiger partial charge in [-0.1, -0.05) is 12.1 Å². The van der Waals surface area contributed by atoms with Crippen LogP contribution in [0.2, 0.25) is 0 Å². The second kappa shape index (κ2) is 17.9. The maximum absolute atomic E-state index is 14.7. The average molecular weight is 778 g/mol. The molecule has 5 atom stereocenters. The van der Waals surface area contributed by atoms with Gasteiger partial charge in [-0.2, -0.15) is 0 Å². The lowest BCUT2D eigenvalue weighted by atomic mass is 10.1. The van der Waals surface area contributed by atoms with Crippen LogP contribution in [-0.2, 0) is 25.5 Å². The van der Waals surface area contributed by atoms with E-state index in [1.165, 1.54) is 57.5 Å². The number of carbonyl (C=O) groups is 4. The maximum atomic E-state index is 14.7. The van der Waals surface area contributed by atoms with Crippen molar-refractivity contribution in [1.29, 1.82) is 0 Å². The number of methoxy groups -OCH3 is 1. The lowest BCUT2D eigenvalue weighted by Gasteiger charge is -2.35. The summed E-state index contributed by atoms with van der Waals surface area (Å²) in [6.07, 6.45) is 3.41. The molecule has 2 aromatic carbocycles. The highest BCUT2D eigenvalue weighted by molar-refractivity contribution is 5.93. The second-order valence-corrected chi connectivity index (χ2v) is 14.8. The quantitative estimate of drug-likeness (QED) is 0.195. The first-order valence-corrected chi connectivity index (χ1v) is 18.4. The van der Waals surface area contributed by atoms with E-state index in [0.29, 0.717) is 17.9 Å². The van der Waals surface area contributed by atoms with E-state index in [-0.39, 0.29) is 37.6 Å². The molecule has 4 amide bonds. The Balaban J connectivity index is 1.44. The van der Waals surface area contributed by atoms with Crippen LogP contribution < -0.4 is 10.1 Å². The number of aromatic nitrogens is 3. The van der Waals surface area contributed by atoms with Crippen molar-refractivity contribution in [3.8, 4) is 5.75 Å². The number of ether oxygens (including phenoxy) is 3. The van der Waals surface area contributed by atoms with Crippen molar-refractivity contribution < 1.29 is 42.2 Å². The van der Waals surface area contributed by atoms with Crippen LogP contribution in [0.25, 0.3) is 5.78 Å². The summed E-state index contributed by atoms with van der Waals surface area (Å²) in [4.78, 5) is 68.3. The number of imidazole rings is 1. The molecule has 1 saturated heterocycles. The van der Waals surface area contributed by atoms with Crippen LogP contribution in [0.1, 0.15) is 57.1 Å². The minimum atomic E-state index is -1.21. The van der Waals surface area contributed by atoms with Gasteiger partial charge in [-0.25, -0.2) is 23.5 Å². The molecule has 0 bridgehead atoms. The van der Waals surface area contributed by atoms with Gasteiger partial charge >= 0.3 is 6.09 Å². The lowest BCUT2D eigenvalue weighted by Crippen LogP contribution is -2.59. The largest absolute Gasteiger partial charge is 0.489 e. The third-order valence-electron chi connectivity index (χ3n) is 9.58. The zero-order valence-electron chi connectivity index (χ0n) is 32.6. The number of amides is 4. The molecular weight excluding hydrogens is 728 g/mol. The average Bonchev–Trinajstić information content (AvgIpc) is 3.79. The van der Waals surface area contributed by atoms with Gasteiger partial charge in [-0.3, -0.25) is 23.7 Å². The van der Waals surface area contributed by atoms with Crippen molar-refractivity contribution in [3.05, 3.63) is 96.1 Å². The van der Waals surface area contributed by atoms with E-state index < -0.39 is 65.6 Å². The zero-order chi connectivity index (χ0) is 40.7. The molecule has 0 aliphatic carbocycles. The van der Waals surface area contributed by atoms with Crippen molar-refractivity contribution >= 4 is 29.6 Å². The molecule has 1 aliphatic rings. The van der Waals surface area contributed by atoms with E-state index in [1.807, 2.05) is 0 Å². The van der Waals surface area contributed by atoms with Crippen LogP contribution in [0.3, 0.4) is 0 Å². The Kier molecular flexibility index (Phi) is 13.3. The van der Waals surface area contributed by atoms with Gasteiger partial charge in [0, 0.05) is 52.3 Å². The number of rotatable bonds is 14. The summed E-state index contributed by atoms with van der Waals surface area (Å²) in [7, 11) is 2.84.